The monoisotopic (exact) mass is 243 g/mol. The van der Waals surface area contributed by atoms with Gasteiger partial charge in [-0.15, -0.1) is 0 Å². The van der Waals surface area contributed by atoms with Crippen molar-refractivity contribution in [2.45, 2.75) is 18.9 Å². The molecule has 1 aromatic carbocycles. The largest absolute Gasteiger partial charge is 0.495 e. The minimum Gasteiger partial charge on any atom is -0.495 e. The van der Waals surface area contributed by atoms with Crippen LogP contribution in [0.5, 0.6) is 5.75 Å². The van der Waals surface area contributed by atoms with Gasteiger partial charge in [0, 0.05) is 19.3 Å². The van der Waals surface area contributed by atoms with E-state index in [4.69, 9.17) is 26.8 Å². The van der Waals surface area contributed by atoms with Crippen LogP contribution in [0.25, 0.3) is 0 Å². The zero-order valence-electron chi connectivity index (χ0n) is 9.92. The topological polar surface area (TPSA) is 44.5 Å². The second kappa shape index (κ2) is 5.53. The Kier molecular flexibility index (Phi) is 4.59. The van der Waals surface area contributed by atoms with Crippen LogP contribution in [0.1, 0.15) is 18.9 Å². The molecule has 0 saturated heterocycles. The molecule has 0 spiro atoms. The quantitative estimate of drug-likeness (QED) is 0.865. The number of nitrogens with two attached hydrogens (primary N) is 1. The van der Waals surface area contributed by atoms with Crippen LogP contribution >= 0.6 is 11.6 Å². The Morgan fingerprint density at radius 1 is 1.38 bits per heavy atom. The first-order chi connectivity index (χ1) is 7.51. The minimum absolute atomic E-state index is 0.437. The van der Waals surface area contributed by atoms with E-state index in [9.17, 15) is 0 Å². The molecule has 4 heteroatoms. The van der Waals surface area contributed by atoms with Crippen LogP contribution in [0, 0.1) is 0 Å². The molecular formula is C12H18ClNO2. The average Bonchev–Trinajstić information content (AvgIpc) is 2.27. The van der Waals surface area contributed by atoms with Crippen molar-refractivity contribution in [1.29, 1.82) is 0 Å². The summed E-state index contributed by atoms with van der Waals surface area (Å²) in [7, 11) is 3.26. The molecule has 0 heterocycles. The molecular weight excluding hydrogens is 226 g/mol. The Morgan fingerprint density at radius 3 is 2.62 bits per heavy atom. The summed E-state index contributed by atoms with van der Waals surface area (Å²) in [6.45, 7) is 2.59. The van der Waals surface area contributed by atoms with Crippen molar-refractivity contribution >= 4 is 11.6 Å². The summed E-state index contributed by atoms with van der Waals surface area (Å²) in [6, 6.07) is 5.59. The summed E-state index contributed by atoms with van der Waals surface area (Å²) >= 11 is 5.96. The number of rotatable bonds is 5. The first-order valence-electron chi connectivity index (χ1n) is 5.13. The fraction of sp³-hybridized carbons (Fsp3) is 0.500. The molecule has 0 aliphatic carbocycles. The summed E-state index contributed by atoms with van der Waals surface area (Å²) in [4.78, 5) is 0. The molecule has 90 valence electrons. The Labute approximate surface area is 101 Å². The van der Waals surface area contributed by atoms with Gasteiger partial charge in [-0.2, -0.15) is 0 Å². The third-order valence-corrected chi connectivity index (χ3v) is 2.95. The smallest absolute Gasteiger partial charge is 0.137 e. The first-order valence-corrected chi connectivity index (χ1v) is 5.51. The second-order valence-corrected chi connectivity index (χ2v) is 4.42. The maximum Gasteiger partial charge on any atom is 0.137 e. The van der Waals surface area contributed by atoms with E-state index in [2.05, 4.69) is 0 Å². The van der Waals surface area contributed by atoms with E-state index in [1.54, 1.807) is 20.3 Å². The van der Waals surface area contributed by atoms with E-state index in [-0.39, 0.29) is 0 Å². The number of benzene rings is 1. The molecule has 2 N–H and O–H groups in total. The predicted octanol–water partition coefficient (Wildman–Crippen LogP) is 2.56. The highest BCUT2D eigenvalue weighted by Crippen LogP contribution is 2.30. The highest BCUT2D eigenvalue weighted by Gasteiger charge is 2.21. The van der Waals surface area contributed by atoms with Crippen molar-refractivity contribution < 1.29 is 9.47 Å². The van der Waals surface area contributed by atoms with Crippen molar-refractivity contribution in [2.24, 2.45) is 5.73 Å². The molecule has 16 heavy (non-hydrogen) atoms. The Morgan fingerprint density at radius 2 is 2.06 bits per heavy atom. The van der Waals surface area contributed by atoms with Gasteiger partial charge in [0.1, 0.15) is 5.75 Å². The fourth-order valence-corrected chi connectivity index (χ4v) is 1.67. The summed E-state index contributed by atoms with van der Waals surface area (Å²) in [5.74, 6) is 0.647. The SMILES string of the molecule is COCCC(C)(N)c1ccc(Cl)c(OC)c1. The molecule has 1 aromatic rings. The summed E-state index contributed by atoms with van der Waals surface area (Å²) in [5.41, 5.74) is 6.77. The van der Waals surface area contributed by atoms with E-state index in [0.717, 1.165) is 12.0 Å². The predicted molar refractivity (Wildman–Crippen MR) is 66.0 cm³/mol. The van der Waals surface area contributed by atoms with Crippen LogP contribution in [-0.2, 0) is 10.3 Å². The first kappa shape index (κ1) is 13.3. The standard InChI is InChI=1S/C12H18ClNO2/c1-12(14,6-7-15-2)9-4-5-10(13)11(8-9)16-3/h4-5,8H,6-7,14H2,1-3H3. The molecule has 1 atom stereocenters. The number of hydrogen-bond acceptors (Lipinski definition) is 3. The molecule has 1 rings (SSSR count). The van der Waals surface area contributed by atoms with Gasteiger partial charge in [0.25, 0.3) is 0 Å². The Balaban J connectivity index is 2.94. The average molecular weight is 244 g/mol. The van der Waals surface area contributed by atoms with Crippen LogP contribution in [-0.4, -0.2) is 20.8 Å². The Bertz CT molecular complexity index is 353. The molecule has 0 saturated carbocycles. The van der Waals surface area contributed by atoms with Gasteiger partial charge >= 0.3 is 0 Å². The lowest BCUT2D eigenvalue weighted by Crippen LogP contribution is -2.34. The molecule has 0 bridgehead atoms. The molecule has 0 radical (unpaired) electrons. The lowest BCUT2D eigenvalue weighted by molar-refractivity contribution is 0.172. The zero-order chi connectivity index (χ0) is 12.2. The van der Waals surface area contributed by atoms with Gasteiger partial charge in [-0.3, -0.25) is 0 Å². The molecule has 0 fully saturated rings. The maximum atomic E-state index is 6.22. The molecule has 0 amide bonds. The molecule has 1 unspecified atom stereocenters. The van der Waals surface area contributed by atoms with Gasteiger partial charge in [0.15, 0.2) is 0 Å². The Hall–Kier alpha value is -0.770. The molecule has 0 aliphatic heterocycles. The van der Waals surface area contributed by atoms with Gasteiger partial charge in [-0.25, -0.2) is 0 Å². The third kappa shape index (κ3) is 3.11. The van der Waals surface area contributed by atoms with Crippen molar-refractivity contribution in [1.82, 2.24) is 0 Å². The lowest BCUT2D eigenvalue weighted by Gasteiger charge is -2.25. The molecule has 0 aliphatic rings. The second-order valence-electron chi connectivity index (χ2n) is 4.01. The van der Waals surface area contributed by atoms with E-state index >= 15 is 0 Å². The van der Waals surface area contributed by atoms with Crippen LogP contribution < -0.4 is 10.5 Å². The van der Waals surface area contributed by atoms with Gasteiger partial charge in [0.05, 0.1) is 12.1 Å². The number of halogens is 1. The zero-order valence-corrected chi connectivity index (χ0v) is 10.7. The van der Waals surface area contributed by atoms with E-state index < -0.39 is 5.54 Å². The number of ether oxygens (including phenoxy) is 2. The normalized spacial score (nSPS) is 14.6. The van der Waals surface area contributed by atoms with Gasteiger partial charge in [0.2, 0.25) is 0 Å². The summed E-state index contributed by atoms with van der Waals surface area (Å²) < 4.78 is 10.2. The fourth-order valence-electron chi connectivity index (χ4n) is 1.47. The highest BCUT2D eigenvalue weighted by atomic mass is 35.5. The minimum atomic E-state index is -0.437. The van der Waals surface area contributed by atoms with Crippen LogP contribution in [0.2, 0.25) is 5.02 Å². The number of methoxy groups -OCH3 is 2. The van der Waals surface area contributed by atoms with Crippen molar-refractivity contribution in [3.8, 4) is 5.75 Å². The number of hydrogen-bond donors (Lipinski definition) is 1. The highest BCUT2D eigenvalue weighted by molar-refractivity contribution is 6.32. The van der Waals surface area contributed by atoms with Crippen molar-refractivity contribution in [3.05, 3.63) is 28.8 Å². The van der Waals surface area contributed by atoms with E-state index in [1.807, 2.05) is 19.1 Å². The van der Waals surface area contributed by atoms with Crippen LogP contribution in [0.4, 0.5) is 0 Å². The van der Waals surface area contributed by atoms with E-state index in [0.29, 0.717) is 17.4 Å². The van der Waals surface area contributed by atoms with Gasteiger partial charge in [-0.1, -0.05) is 17.7 Å². The molecule has 0 aromatic heterocycles. The van der Waals surface area contributed by atoms with Crippen LogP contribution in [0.3, 0.4) is 0 Å². The summed E-state index contributed by atoms with van der Waals surface area (Å²) in [5, 5.41) is 0.591. The lowest BCUT2D eigenvalue weighted by atomic mass is 9.90. The van der Waals surface area contributed by atoms with E-state index in [1.165, 1.54) is 0 Å². The van der Waals surface area contributed by atoms with Gasteiger partial charge in [-0.05, 0) is 31.0 Å². The summed E-state index contributed by atoms with van der Waals surface area (Å²) in [6.07, 6.45) is 0.744. The molecule has 3 nitrogen and oxygen atoms in total. The van der Waals surface area contributed by atoms with Crippen molar-refractivity contribution in [2.75, 3.05) is 20.8 Å². The van der Waals surface area contributed by atoms with Crippen molar-refractivity contribution in [3.63, 3.8) is 0 Å². The van der Waals surface area contributed by atoms with Gasteiger partial charge < -0.3 is 15.2 Å². The third-order valence-electron chi connectivity index (χ3n) is 2.64. The maximum absolute atomic E-state index is 6.22. The van der Waals surface area contributed by atoms with Crippen LogP contribution in [0.15, 0.2) is 18.2 Å².